The molecule has 4 aromatic rings. The molecule has 2 aromatic heterocycles. The van der Waals surface area contributed by atoms with Crippen molar-refractivity contribution in [3.8, 4) is 11.5 Å². The Bertz CT molecular complexity index is 1180. The fourth-order valence-corrected chi connectivity index (χ4v) is 3.38. The van der Waals surface area contributed by atoms with Gasteiger partial charge in [-0.05, 0) is 58.4 Å². The highest BCUT2D eigenvalue weighted by molar-refractivity contribution is 9.10. The molecule has 2 heterocycles. The van der Waals surface area contributed by atoms with E-state index in [9.17, 15) is 4.79 Å². The van der Waals surface area contributed by atoms with Crippen LogP contribution in [0.4, 0.5) is 5.69 Å². The average Bonchev–Trinajstić information content (AvgIpc) is 3.04. The Labute approximate surface area is 172 Å². The van der Waals surface area contributed by atoms with Gasteiger partial charge in [-0.2, -0.15) is 0 Å². The Hall–Kier alpha value is -2.41. The number of carbonyl (C=O) groups excluding carboxylic acids is 1. The minimum Gasteiger partial charge on any atom is -0.436 e. The van der Waals surface area contributed by atoms with Crippen LogP contribution in [0.3, 0.4) is 0 Å². The van der Waals surface area contributed by atoms with Crippen molar-refractivity contribution in [2.75, 3.05) is 5.32 Å². The Morgan fingerprint density at radius 3 is 2.70 bits per heavy atom. The van der Waals surface area contributed by atoms with Crippen LogP contribution in [0.25, 0.3) is 22.6 Å². The van der Waals surface area contributed by atoms with Crippen LogP contribution in [0.2, 0.25) is 10.0 Å². The van der Waals surface area contributed by atoms with Crippen molar-refractivity contribution in [1.82, 2.24) is 9.97 Å². The highest BCUT2D eigenvalue weighted by Crippen LogP contribution is 2.32. The van der Waals surface area contributed by atoms with Crippen LogP contribution in [0.5, 0.6) is 0 Å². The summed E-state index contributed by atoms with van der Waals surface area (Å²) in [6.45, 7) is 0. The van der Waals surface area contributed by atoms with Crippen LogP contribution in [0.15, 0.2) is 63.7 Å². The molecule has 1 N–H and O–H groups in total. The minimum atomic E-state index is -0.271. The number of amides is 1. The predicted octanol–water partition coefficient (Wildman–Crippen LogP) is 6.21. The third kappa shape index (κ3) is 3.83. The van der Waals surface area contributed by atoms with Crippen molar-refractivity contribution in [2.24, 2.45) is 0 Å². The number of fused-ring (bicyclic) bond motifs is 1. The van der Waals surface area contributed by atoms with Gasteiger partial charge >= 0.3 is 0 Å². The van der Waals surface area contributed by atoms with Crippen molar-refractivity contribution in [3.63, 3.8) is 0 Å². The van der Waals surface area contributed by atoms with Gasteiger partial charge in [0.05, 0.1) is 16.1 Å². The first-order valence-corrected chi connectivity index (χ1v) is 9.32. The van der Waals surface area contributed by atoms with Crippen molar-refractivity contribution in [2.45, 2.75) is 0 Å². The lowest BCUT2D eigenvalue weighted by molar-refractivity contribution is 0.102. The quantitative estimate of drug-likeness (QED) is 0.392. The van der Waals surface area contributed by atoms with E-state index in [4.69, 9.17) is 27.6 Å². The summed E-state index contributed by atoms with van der Waals surface area (Å²) >= 11 is 15.5. The molecular weight excluding hydrogens is 453 g/mol. The van der Waals surface area contributed by atoms with Gasteiger partial charge in [-0.15, -0.1) is 0 Å². The number of carbonyl (C=O) groups is 1. The SMILES string of the molecule is O=C(Nc1ccc2oc(-c3ccc(Cl)cc3Cl)nc2c1)c1cncc(Br)c1. The molecule has 8 heteroatoms. The monoisotopic (exact) mass is 461 g/mol. The standard InChI is InChI=1S/C19H10BrCl2N3O2/c20-11-5-10(8-23-9-11)18(26)24-13-2-4-17-16(7-13)25-19(27-17)14-3-1-12(21)6-15(14)22/h1-9H,(H,24,26). The molecule has 0 fully saturated rings. The number of benzene rings is 2. The topological polar surface area (TPSA) is 68.0 Å². The number of hydrogen-bond acceptors (Lipinski definition) is 4. The van der Waals surface area contributed by atoms with Crippen LogP contribution in [0.1, 0.15) is 10.4 Å². The van der Waals surface area contributed by atoms with Crippen LogP contribution >= 0.6 is 39.1 Å². The van der Waals surface area contributed by atoms with Gasteiger partial charge in [0.15, 0.2) is 5.58 Å². The number of nitrogens with zero attached hydrogens (tertiary/aromatic N) is 2. The maximum absolute atomic E-state index is 12.4. The Morgan fingerprint density at radius 1 is 1.07 bits per heavy atom. The lowest BCUT2D eigenvalue weighted by Crippen LogP contribution is -2.12. The van der Waals surface area contributed by atoms with Gasteiger partial charge in [0.2, 0.25) is 5.89 Å². The van der Waals surface area contributed by atoms with Gasteiger partial charge in [0, 0.05) is 27.6 Å². The molecule has 0 aliphatic heterocycles. The second kappa shape index (κ2) is 7.31. The van der Waals surface area contributed by atoms with E-state index in [1.54, 1.807) is 48.7 Å². The second-order valence-electron chi connectivity index (χ2n) is 5.67. The molecule has 134 valence electrons. The molecule has 5 nitrogen and oxygen atoms in total. The van der Waals surface area contributed by atoms with E-state index in [0.29, 0.717) is 43.9 Å². The maximum atomic E-state index is 12.4. The second-order valence-corrected chi connectivity index (χ2v) is 7.43. The molecule has 0 spiro atoms. The number of pyridine rings is 1. The molecule has 0 bridgehead atoms. The van der Waals surface area contributed by atoms with E-state index < -0.39 is 0 Å². The number of halogens is 3. The summed E-state index contributed by atoms with van der Waals surface area (Å²) in [4.78, 5) is 20.8. The van der Waals surface area contributed by atoms with E-state index in [-0.39, 0.29) is 5.91 Å². The number of hydrogen-bond donors (Lipinski definition) is 1. The van der Waals surface area contributed by atoms with E-state index in [1.807, 2.05) is 0 Å². The Kier molecular flexibility index (Phi) is 4.86. The van der Waals surface area contributed by atoms with Gasteiger partial charge in [0.25, 0.3) is 5.91 Å². The molecule has 2 aromatic carbocycles. The van der Waals surface area contributed by atoms with Gasteiger partial charge in [-0.3, -0.25) is 9.78 Å². The zero-order valence-corrected chi connectivity index (χ0v) is 16.6. The third-order valence-corrected chi connectivity index (χ3v) is 4.76. The van der Waals surface area contributed by atoms with E-state index in [0.717, 1.165) is 4.47 Å². The minimum absolute atomic E-state index is 0.271. The fraction of sp³-hybridized carbons (Fsp3) is 0. The highest BCUT2D eigenvalue weighted by Gasteiger charge is 2.13. The van der Waals surface area contributed by atoms with Crippen molar-refractivity contribution in [3.05, 3.63) is 74.9 Å². The van der Waals surface area contributed by atoms with Crippen LogP contribution in [-0.2, 0) is 0 Å². The number of anilines is 1. The average molecular weight is 463 g/mol. The van der Waals surface area contributed by atoms with Crippen molar-refractivity contribution in [1.29, 1.82) is 0 Å². The van der Waals surface area contributed by atoms with Crippen molar-refractivity contribution < 1.29 is 9.21 Å². The van der Waals surface area contributed by atoms with Gasteiger partial charge in [0.1, 0.15) is 5.52 Å². The molecule has 0 aliphatic rings. The maximum Gasteiger partial charge on any atom is 0.257 e. The molecule has 0 unspecified atom stereocenters. The lowest BCUT2D eigenvalue weighted by atomic mass is 10.2. The Morgan fingerprint density at radius 2 is 1.93 bits per heavy atom. The van der Waals surface area contributed by atoms with E-state index in [1.165, 1.54) is 6.20 Å². The fourth-order valence-electron chi connectivity index (χ4n) is 2.52. The first-order valence-electron chi connectivity index (χ1n) is 7.77. The van der Waals surface area contributed by atoms with Gasteiger partial charge in [-0.1, -0.05) is 23.2 Å². The summed E-state index contributed by atoms with van der Waals surface area (Å²) in [7, 11) is 0. The van der Waals surface area contributed by atoms with Crippen LogP contribution in [0, 0.1) is 0 Å². The third-order valence-electron chi connectivity index (χ3n) is 3.77. The number of nitrogens with one attached hydrogen (secondary N) is 1. The number of aromatic nitrogens is 2. The smallest absolute Gasteiger partial charge is 0.257 e. The molecule has 0 radical (unpaired) electrons. The molecular formula is C19H10BrCl2N3O2. The van der Waals surface area contributed by atoms with Crippen LogP contribution < -0.4 is 5.32 Å². The summed E-state index contributed by atoms with van der Waals surface area (Å²) in [5, 5.41) is 3.80. The highest BCUT2D eigenvalue weighted by atomic mass is 79.9. The molecule has 0 atom stereocenters. The molecule has 0 aliphatic carbocycles. The normalized spacial score (nSPS) is 10.9. The molecule has 27 heavy (non-hydrogen) atoms. The summed E-state index contributed by atoms with van der Waals surface area (Å²) in [6, 6.07) is 12.0. The van der Waals surface area contributed by atoms with Crippen LogP contribution in [-0.4, -0.2) is 15.9 Å². The van der Waals surface area contributed by atoms with Gasteiger partial charge < -0.3 is 9.73 Å². The first kappa shape index (κ1) is 18.0. The molecule has 1 amide bonds. The first-order chi connectivity index (χ1) is 13.0. The van der Waals surface area contributed by atoms with Gasteiger partial charge in [-0.25, -0.2) is 4.98 Å². The molecule has 4 rings (SSSR count). The number of oxazole rings is 1. The Balaban J connectivity index is 1.64. The summed E-state index contributed by atoms with van der Waals surface area (Å²) < 4.78 is 6.50. The zero-order valence-electron chi connectivity index (χ0n) is 13.5. The number of rotatable bonds is 3. The summed E-state index contributed by atoms with van der Waals surface area (Å²) in [5.41, 5.74) is 2.86. The predicted molar refractivity (Wildman–Crippen MR) is 109 cm³/mol. The zero-order chi connectivity index (χ0) is 19.0. The van der Waals surface area contributed by atoms with E-state index >= 15 is 0 Å². The van der Waals surface area contributed by atoms with Crippen molar-refractivity contribution >= 4 is 61.8 Å². The van der Waals surface area contributed by atoms with E-state index in [2.05, 4.69) is 31.2 Å². The molecule has 0 saturated carbocycles. The largest absolute Gasteiger partial charge is 0.436 e. The summed E-state index contributed by atoms with van der Waals surface area (Å²) in [6.07, 6.45) is 3.11. The summed E-state index contributed by atoms with van der Waals surface area (Å²) in [5.74, 6) is 0.110. The lowest BCUT2D eigenvalue weighted by Gasteiger charge is -2.04. The molecule has 0 saturated heterocycles.